The highest BCUT2D eigenvalue weighted by Crippen LogP contribution is 2.40. The molecule has 0 radical (unpaired) electrons. The summed E-state index contributed by atoms with van der Waals surface area (Å²) < 4.78 is 2.16. The van der Waals surface area contributed by atoms with Crippen molar-refractivity contribution in [1.29, 1.82) is 0 Å². The van der Waals surface area contributed by atoms with Gasteiger partial charge >= 0.3 is 0 Å². The monoisotopic (exact) mass is 441 g/mol. The lowest BCUT2D eigenvalue weighted by molar-refractivity contribution is 0.253. The first-order valence-electron chi connectivity index (χ1n) is 10.7. The highest BCUT2D eigenvalue weighted by atomic mass is 35.5. The maximum atomic E-state index is 6.53. The summed E-state index contributed by atoms with van der Waals surface area (Å²) in [7, 11) is 0. The van der Waals surface area contributed by atoms with E-state index in [0.717, 1.165) is 52.3 Å². The van der Waals surface area contributed by atoms with Crippen LogP contribution in [0.25, 0.3) is 39.4 Å². The second-order valence-electron chi connectivity index (χ2n) is 8.37. The van der Waals surface area contributed by atoms with Gasteiger partial charge in [-0.1, -0.05) is 54.6 Å². The summed E-state index contributed by atoms with van der Waals surface area (Å²) in [5.41, 5.74) is 14.8. The van der Waals surface area contributed by atoms with Crippen LogP contribution < -0.4 is 5.73 Å². The van der Waals surface area contributed by atoms with Crippen molar-refractivity contribution in [1.82, 2.24) is 19.4 Å². The molecule has 0 bridgehead atoms. The molecule has 6 rings (SSSR count). The fourth-order valence-electron chi connectivity index (χ4n) is 4.51. The summed E-state index contributed by atoms with van der Waals surface area (Å²) in [5.74, 6) is 0. The molecule has 3 aromatic heterocycles. The zero-order valence-electron chi connectivity index (χ0n) is 17.5. The highest BCUT2D eigenvalue weighted by molar-refractivity contribution is 5.85. The van der Waals surface area contributed by atoms with Crippen LogP contribution in [0.3, 0.4) is 0 Å². The van der Waals surface area contributed by atoms with Gasteiger partial charge in [-0.15, -0.1) is 12.4 Å². The third-order valence-electron chi connectivity index (χ3n) is 6.46. The topological polar surface area (TPSA) is 72.0 Å². The normalized spacial score (nSPS) is 14.7. The van der Waals surface area contributed by atoms with E-state index >= 15 is 0 Å². The average Bonchev–Trinajstić information content (AvgIpc) is 3.46. The van der Waals surface area contributed by atoms with Crippen LogP contribution in [0, 0.1) is 0 Å². The molecule has 0 unspecified atom stereocenters. The van der Waals surface area contributed by atoms with Crippen LogP contribution in [-0.2, 0) is 5.54 Å². The molecule has 1 aliphatic rings. The van der Waals surface area contributed by atoms with E-state index in [2.05, 4.69) is 81.2 Å². The van der Waals surface area contributed by atoms with Gasteiger partial charge in [-0.2, -0.15) is 0 Å². The van der Waals surface area contributed by atoms with Gasteiger partial charge in [-0.25, -0.2) is 9.97 Å². The second kappa shape index (κ2) is 7.93. The highest BCUT2D eigenvalue weighted by Gasteiger charge is 2.34. The molecule has 1 fully saturated rings. The lowest BCUT2D eigenvalue weighted by Crippen LogP contribution is -2.43. The van der Waals surface area contributed by atoms with E-state index in [-0.39, 0.29) is 17.9 Å². The molecule has 32 heavy (non-hydrogen) atoms. The number of halogens is 1. The minimum Gasteiger partial charge on any atom is -0.345 e. The van der Waals surface area contributed by atoms with Crippen LogP contribution in [-0.4, -0.2) is 19.4 Å². The van der Waals surface area contributed by atoms with Crippen molar-refractivity contribution in [2.24, 2.45) is 5.73 Å². The van der Waals surface area contributed by atoms with Crippen molar-refractivity contribution in [2.75, 3.05) is 0 Å². The number of benzene rings is 2. The first kappa shape index (κ1) is 20.5. The Hall–Kier alpha value is -3.41. The number of nitrogens with zero attached hydrogens (tertiary/aromatic N) is 3. The molecule has 1 saturated carbocycles. The minimum absolute atomic E-state index is 0. The Labute approximate surface area is 192 Å². The van der Waals surface area contributed by atoms with Crippen LogP contribution in [0.2, 0.25) is 0 Å². The van der Waals surface area contributed by atoms with E-state index in [1.165, 1.54) is 12.0 Å². The van der Waals surface area contributed by atoms with Gasteiger partial charge in [-0.05, 0) is 37.0 Å². The zero-order chi connectivity index (χ0) is 20.8. The number of rotatable bonds is 4. The predicted octanol–water partition coefficient (Wildman–Crippen LogP) is 5.82. The lowest BCUT2D eigenvalue weighted by Gasteiger charge is -2.38. The van der Waals surface area contributed by atoms with Crippen LogP contribution in [0.4, 0.5) is 0 Å². The van der Waals surface area contributed by atoms with Gasteiger partial charge in [0.1, 0.15) is 5.65 Å². The van der Waals surface area contributed by atoms with Gasteiger partial charge in [0.15, 0.2) is 0 Å². The number of hydrogen-bond donors (Lipinski definition) is 2. The number of fused-ring (bicyclic) bond motifs is 1. The Balaban J connectivity index is 0.00000216. The molecule has 3 N–H and O–H groups in total. The molecule has 3 heterocycles. The molecule has 0 saturated heterocycles. The van der Waals surface area contributed by atoms with E-state index in [1.54, 1.807) is 6.33 Å². The third kappa shape index (κ3) is 3.30. The first-order valence-corrected chi connectivity index (χ1v) is 10.7. The molecule has 0 aliphatic heterocycles. The van der Waals surface area contributed by atoms with Crippen LogP contribution in [0.15, 0.2) is 85.5 Å². The standard InChI is InChI=1S/C26H23N5.ClH/c27-26(12-4-13-26)21-9-7-18(8-10-21)24-25(19-5-2-1-3-6-19)31-14-11-20(15-23(31)30-24)22-16-28-17-29-22;/h1-3,5-11,14-17H,4,12-13,27H2,(H,28,29);1H. The fraction of sp³-hybridized carbons (Fsp3) is 0.154. The fourth-order valence-corrected chi connectivity index (χ4v) is 4.51. The van der Waals surface area contributed by atoms with Crippen molar-refractivity contribution >= 4 is 18.1 Å². The molecular formula is C26H24ClN5. The lowest BCUT2D eigenvalue weighted by atomic mass is 9.72. The minimum atomic E-state index is -0.154. The van der Waals surface area contributed by atoms with Gasteiger partial charge in [0.25, 0.3) is 0 Å². The largest absolute Gasteiger partial charge is 0.345 e. The number of pyridine rings is 1. The van der Waals surface area contributed by atoms with Crippen LogP contribution in [0.1, 0.15) is 24.8 Å². The Kier molecular flexibility index (Phi) is 5.08. The summed E-state index contributed by atoms with van der Waals surface area (Å²) in [5, 5.41) is 0. The zero-order valence-corrected chi connectivity index (χ0v) is 18.3. The summed E-state index contributed by atoms with van der Waals surface area (Å²) >= 11 is 0. The van der Waals surface area contributed by atoms with Crippen molar-refractivity contribution in [3.05, 3.63) is 91.0 Å². The number of nitrogens with one attached hydrogen (secondary N) is 1. The molecule has 0 amide bonds. The van der Waals surface area contributed by atoms with Crippen LogP contribution in [0.5, 0.6) is 0 Å². The van der Waals surface area contributed by atoms with Gasteiger partial charge in [0.05, 0.1) is 29.6 Å². The Morgan fingerprint density at radius 2 is 1.69 bits per heavy atom. The summed E-state index contributed by atoms with van der Waals surface area (Å²) in [6.45, 7) is 0. The smallest absolute Gasteiger partial charge is 0.138 e. The number of hydrogen-bond acceptors (Lipinski definition) is 3. The summed E-state index contributed by atoms with van der Waals surface area (Å²) in [6, 6.07) is 23.3. The summed E-state index contributed by atoms with van der Waals surface area (Å²) in [6.07, 6.45) is 8.94. The SMILES string of the molecule is Cl.NC1(c2ccc(-c3nc4cc(-c5cnc[nH]5)ccn4c3-c3ccccc3)cc2)CCC1. The molecule has 0 atom stereocenters. The number of nitrogens with two attached hydrogens (primary N) is 1. The van der Waals surface area contributed by atoms with E-state index in [4.69, 9.17) is 10.7 Å². The quantitative estimate of drug-likeness (QED) is 0.369. The molecule has 0 spiro atoms. The Morgan fingerprint density at radius 1 is 0.906 bits per heavy atom. The van der Waals surface area contributed by atoms with Gasteiger partial charge in [-0.3, -0.25) is 4.40 Å². The predicted molar refractivity (Wildman–Crippen MR) is 131 cm³/mol. The molecule has 5 nitrogen and oxygen atoms in total. The molecule has 160 valence electrons. The molecule has 1 aliphatic carbocycles. The first-order chi connectivity index (χ1) is 15.2. The number of aromatic amines is 1. The maximum Gasteiger partial charge on any atom is 0.138 e. The molecule has 6 heteroatoms. The Bertz CT molecular complexity index is 1350. The number of imidazole rings is 2. The molecular weight excluding hydrogens is 418 g/mol. The number of H-pyrrole nitrogens is 1. The third-order valence-corrected chi connectivity index (χ3v) is 6.46. The van der Waals surface area contributed by atoms with E-state index in [0.29, 0.717) is 0 Å². The van der Waals surface area contributed by atoms with E-state index in [9.17, 15) is 0 Å². The molecule has 2 aromatic carbocycles. The molecule has 5 aromatic rings. The van der Waals surface area contributed by atoms with Gasteiger partial charge < -0.3 is 10.7 Å². The van der Waals surface area contributed by atoms with Gasteiger partial charge in [0.2, 0.25) is 0 Å². The summed E-state index contributed by atoms with van der Waals surface area (Å²) in [4.78, 5) is 12.4. The Morgan fingerprint density at radius 3 is 2.34 bits per heavy atom. The average molecular weight is 442 g/mol. The number of aromatic nitrogens is 4. The second-order valence-corrected chi connectivity index (χ2v) is 8.37. The van der Waals surface area contributed by atoms with Gasteiger partial charge in [0, 0.05) is 28.4 Å². The van der Waals surface area contributed by atoms with Crippen molar-refractivity contribution in [3.63, 3.8) is 0 Å². The van der Waals surface area contributed by atoms with Crippen molar-refractivity contribution < 1.29 is 0 Å². The maximum absolute atomic E-state index is 6.53. The van der Waals surface area contributed by atoms with Crippen molar-refractivity contribution in [3.8, 4) is 33.8 Å². The van der Waals surface area contributed by atoms with Crippen LogP contribution >= 0.6 is 12.4 Å². The van der Waals surface area contributed by atoms with Crippen molar-refractivity contribution in [2.45, 2.75) is 24.8 Å². The van der Waals surface area contributed by atoms with E-state index < -0.39 is 0 Å². The van der Waals surface area contributed by atoms with E-state index in [1.807, 2.05) is 12.3 Å².